The number of anilines is 2. The highest BCUT2D eigenvalue weighted by molar-refractivity contribution is 5.96. The molecule has 44 heavy (non-hydrogen) atoms. The normalized spacial score (nSPS) is 25.6. The van der Waals surface area contributed by atoms with E-state index in [0.717, 1.165) is 32.4 Å². The molecule has 7 rings (SSSR count). The zero-order chi connectivity index (χ0) is 30.5. The van der Waals surface area contributed by atoms with Gasteiger partial charge in [-0.3, -0.25) is 9.88 Å². The van der Waals surface area contributed by atoms with Crippen LogP contribution in [0.1, 0.15) is 37.3 Å². The van der Waals surface area contributed by atoms with Gasteiger partial charge in [-0.1, -0.05) is 5.92 Å². The number of halogens is 2. The average Bonchev–Trinajstić information content (AvgIpc) is 3.69. The van der Waals surface area contributed by atoms with Crippen LogP contribution in [0.3, 0.4) is 0 Å². The molecule has 4 aliphatic rings. The molecule has 3 aliphatic heterocycles. The summed E-state index contributed by atoms with van der Waals surface area (Å²) in [4.78, 5) is 18.6. The Morgan fingerprint density at radius 3 is 2.82 bits per heavy atom. The second-order valence-electron chi connectivity index (χ2n) is 12.2. The van der Waals surface area contributed by atoms with Gasteiger partial charge in [0, 0.05) is 60.1 Å². The number of nitrogen functional groups attached to an aromatic ring is 1. The molecule has 1 saturated carbocycles. The molecule has 3 saturated heterocycles. The quantitative estimate of drug-likeness (QED) is 0.323. The number of hydrogen-bond acceptors (Lipinski definition) is 9. The second-order valence-corrected chi connectivity index (χ2v) is 12.2. The molecule has 5 heterocycles. The number of morpholine rings is 1. The highest BCUT2D eigenvalue weighted by Gasteiger charge is 2.45. The SMILES string of the molecule is C#C/C(=C(/C)F)c1c(C)cc(N)cc1-c1ncc2c(N3CCOCC4CC43)nc(OCC3CCC4COCCN43)nc2c1F. The summed E-state index contributed by atoms with van der Waals surface area (Å²) in [5.74, 6) is 2.16. The fourth-order valence-corrected chi connectivity index (χ4v) is 7.09. The van der Waals surface area contributed by atoms with E-state index in [0.29, 0.717) is 78.5 Å². The number of nitrogens with two attached hydrogens (primary N) is 1. The van der Waals surface area contributed by atoms with Gasteiger partial charge in [0.2, 0.25) is 0 Å². The van der Waals surface area contributed by atoms with E-state index in [1.54, 1.807) is 25.3 Å². The molecule has 1 aromatic carbocycles. The van der Waals surface area contributed by atoms with Gasteiger partial charge in [0.25, 0.3) is 0 Å². The number of aryl methyl sites for hydroxylation is 1. The standard InChI is InChI=1S/C33H36F2N6O3/c1-4-24(19(3)34)28-18(2)11-21(36)13-25(28)30-29(35)31-26(14-37-30)32(41-8-10-42-15-20-12-27(20)41)39-33(38-31)44-17-23-6-5-22-16-43-9-7-40(22)23/h1,11,13-14,20,22-23,27H,5-10,12,15-17,36H2,2-3H3/b24-19+. The monoisotopic (exact) mass is 602 g/mol. The molecule has 1 aliphatic carbocycles. The number of hydrogen-bond donors (Lipinski definition) is 1. The van der Waals surface area contributed by atoms with Crippen LogP contribution in [-0.2, 0) is 9.47 Å². The van der Waals surface area contributed by atoms with Crippen LogP contribution in [0.15, 0.2) is 24.2 Å². The highest BCUT2D eigenvalue weighted by Crippen LogP contribution is 2.43. The minimum Gasteiger partial charge on any atom is -0.462 e. The summed E-state index contributed by atoms with van der Waals surface area (Å²) in [6.07, 6.45) is 10.3. The average molecular weight is 603 g/mol. The van der Waals surface area contributed by atoms with Crippen LogP contribution in [0.4, 0.5) is 20.3 Å². The Kier molecular flexibility index (Phi) is 7.60. The predicted molar refractivity (Wildman–Crippen MR) is 164 cm³/mol. The summed E-state index contributed by atoms with van der Waals surface area (Å²) in [6.45, 7) is 7.57. The van der Waals surface area contributed by atoms with E-state index in [-0.39, 0.29) is 34.9 Å². The van der Waals surface area contributed by atoms with E-state index >= 15 is 4.39 Å². The smallest absolute Gasteiger partial charge is 0.319 e. The lowest BCUT2D eigenvalue weighted by atomic mass is 9.91. The molecule has 0 bridgehead atoms. The van der Waals surface area contributed by atoms with Gasteiger partial charge < -0.3 is 24.8 Å². The molecule has 11 heteroatoms. The first-order chi connectivity index (χ1) is 21.3. The minimum atomic E-state index is -0.678. The molecule has 4 unspecified atom stereocenters. The number of fused-ring (bicyclic) bond motifs is 3. The lowest BCUT2D eigenvalue weighted by Crippen LogP contribution is -2.46. The van der Waals surface area contributed by atoms with Gasteiger partial charge in [-0.05, 0) is 50.8 Å². The highest BCUT2D eigenvalue weighted by atomic mass is 19.1. The van der Waals surface area contributed by atoms with Crippen molar-refractivity contribution >= 4 is 28.0 Å². The molecule has 4 fully saturated rings. The number of aromatic nitrogens is 3. The van der Waals surface area contributed by atoms with Gasteiger partial charge in [0.1, 0.15) is 29.5 Å². The Balaban J connectivity index is 1.34. The summed E-state index contributed by atoms with van der Waals surface area (Å²) in [5.41, 5.74) is 7.91. The zero-order valence-electron chi connectivity index (χ0n) is 25.0. The molecule has 230 valence electrons. The van der Waals surface area contributed by atoms with Crippen LogP contribution < -0.4 is 15.4 Å². The first-order valence-electron chi connectivity index (χ1n) is 15.2. The molecule has 2 aromatic heterocycles. The molecule has 0 radical (unpaired) electrons. The van der Waals surface area contributed by atoms with Crippen molar-refractivity contribution in [1.82, 2.24) is 19.9 Å². The molecule has 3 aromatic rings. The number of terminal acetylenes is 1. The topological polar surface area (TPSA) is 98.9 Å². The Bertz CT molecular complexity index is 1690. The van der Waals surface area contributed by atoms with Gasteiger partial charge in [0.15, 0.2) is 5.82 Å². The van der Waals surface area contributed by atoms with Crippen molar-refractivity contribution < 1.29 is 23.0 Å². The fraction of sp³-hybridized carbons (Fsp3) is 0.485. The minimum absolute atomic E-state index is 0.0218. The predicted octanol–water partition coefficient (Wildman–Crippen LogP) is 4.52. The summed E-state index contributed by atoms with van der Waals surface area (Å²) < 4.78 is 49.1. The van der Waals surface area contributed by atoms with E-state index < -0.39 is 11.6 Å². The van der Waals surface area contributed by atoms with E-state index in [1.165, 1.54) is 6.92 Å². The largest absolute Gasteiger partial charge is 0.462 e. The van der Waals surface area contributed by atoms with Crippen molar-refractivity contribution in [3.63, 3.8) is 0 Å². The maximum atomic E-state index is 16.8. The summed E-state index contributed by atoms with van der Waals surface area (Å²) in [5, 5.41) is 0.469. The van der Waals surface area contributed by atoms with Gasteiger partial charge in [0.05, 0.1) is 37.4 Å². The maximum Gasteiger partial charge on any atom is 0.319 e. The maximum absolute atomic E-state index is 16.8. The summed E-state index contributed by atoms with van der Waals surface area (Å²) in [7, 11) is 0. The molecule has 9 nitrogen and oxygen atoms in total. The van der Waals surface area contributed by atoms with Crippen LogP contribution in [0.25, 0.3) is 27.7 Å². The van der Waals surface area contributed by atoms with Gasteiger partial charge in [-0.2, -0.15) is 9.97 Å². The summed E-state index contributed by atoms with van der Waals surface area (Å²) in [6, 6.07) is 4.20. The Morgan fingerprint density at radius 2 is 2.00 bits per heavy atom. The molecule has 0 amide bonds. The summed E-state index contributed by atoms with van der Waals surface area (Å²) >= 11 is 0. The molecule has 2 N–H and O–H groups in total. The van der Waals surface area contributed by atoms with E-state index in [4.69, 9.17) is 31.4 Å². The number of benzene rings is 1. The number of nitrogens with zero attached hydrogens (tertiary/aromatic N) is 5. The second kappa shape index (κ2) is 11.6. The zero-order valence-corrected chi connectivity index (χ0v) is 25.0. The van der Waals surface area contributed by atoms with E-state index in [1.807, 2.05) is 0 Å². The van der Waals surface area contributed by atoms with Crippen LogP contribution in [0.5, 0.6) is 6.01 Å². The lowest BCUT2D eigenvalue weighted by Gasteiger charge is -2.33. The van der Waals surface area contributed by atoms with Crippen LogP contribution in [0, 0.1) is 31.0 Å². The van der Waals surface area contributed by atoms with Gasteiger partial charge in [-0.15, -0.1) is 6.42 Å². The van der Waals surface area contributed by atoms with Crippen molar-refractivity contribution in [3.05, 3.63) is 41.1 Å². The molecule has 0 spiro atoms. The van der Waals surface area contributed by atoms with Crippen molar-refractivity contribution in [2.75, 3.05) is 56.8 Å². The van der Waals surface area contributed by atoms with Crippen LogP contribution >= 0.6 is 0 Å². The number of ether oxygens (including phenoxy) is 3. The number of allylic oxidation sites excluding steroid dienone is 2. The molecular formula is C33H36F2N6O3. The van der Waals surface area contributed by atoms with Gasteiger partial charge in [-0.25, -0.2) is 8.78 Å². The van der Waals surface area contributed by atoms with Gasteiger partial charge >= 0.3 is 6.01 Å². The molecular weight excluding hydrogens is 566 g/mol. The van der Waals surface area contributed by atoms with Crippen LogP contribution in [0.2, 0.25) is 0 Å². The van der Waals surface area contributed by atoms with E-state index in [2.05, 4.69) is 25.7 Å². The first kappa shape index (κ1) is 28.9. The third kappa shape index (κ3) is 5.15. The fourth-order valence-electron chi connectivity index (χ4n) is 7.09. The Morgan fingerprint density at radius 1 is 1.18 bits per heavy atom. The van der Waals surface area contributed by atoms with Crippen molar-refractivity contribution in [3.8, 4) is 29.6 Å². The number of pyridine rings is 1. The molecule has 4 atom stereocenters. The Hall–Kier alpha value is -3.85. The van der Waals surface area contributed by atoms with Crippen LogP contribution in [-0.4, -0.2) is 84.1 Å². The van der Waals surface area contributed by atoms with Crippen molar-refractivity contribution in [2.45, 2.75) is 51.2 Å². The number of rotatable bonds is 6. The first-order valence-corrected chi connectivity index (χ1v) is 15.2. The van der Waals surface area contributed by atoms with Crippen molar-refractivity contribution in [1.29, 1.82) is 0 Å². The van der Waals surface area contributed by atoms with Crippen molar-refractivity contribution in [2.24, 2.45) is 5.92 Å². The third-order valence-corrected chi connectivity index (χ3v) is 9.34. The Labute approximate surface area is 255 Å². The third-order valence-electron chi connectivity index (χ3n) is 9.34. The van der Waals surface area contributed by atoms with E-state index in [9.17, 15) is 4.39 Å². The lowest BCUT2D eigenvalue weighted by molar-refractivity contribution is -0.0101.